The average molecular weight is 429 g/mol. The Bertz CT molecular complexity index is 941. The van der Waals surface area contributed by atoms with Crippen molar-refractivity contribution in [3.05, 3.63) is 40.8 Å². The van der Waals surface area contributed by atoms with E-state index in [4.69, 9.17) is 9.47 Å². The molecule has 3 atom stereocenters. The van der Waals surface area contributed by atoms with Crippen LogP contribution in [-0.2, 0) is 9.59 Å². The first kappa shape index (κ1) is 20.5. The van der Waals surface area contributed by atoms with Crippen LogP contribution in [0, 0.1) is 17.8 Å². The number of allylic oxidation sites excluding steroid dienone is 2. The molecule has 2 aliphatic carbocycles. The number of carbonyl (C=O) groups is 3. The van der Waals surface area contributed by atoms with Crippen molar-refractivity contribution in [3.8, 4) is 11.5 Å². The molecular formula is C22H24N2O5S. The van der Waals surface area contributed by atoms with Crippen LogP contribution in [0.15, 0.2) is 35.3 Å². The summed E-state index contributed by atoms with van der Waals surface area (Å²) in [5.41, 5.74) is 0.732. The van der Waals surface area contributed by atoms with Crippen LogP contribution >= 0.6 is 11.8 Å². The number of methoxy groups -OCH3 is 2. The number of ether oxygens (including phenoxy) is 2. The van der Waals surface area contributed by atoms with Crippen LogP contribution < -0.4 is 14.8 Å². The number of fused-ring (bicyclic) bond motifs is 2. The predicted molar refractivity (Wildman–Crippen MR) is 114 cm³/mol. The number of hydrogen-bond acceptors (Lipinski definition) is 6. The third-order valence-electron chi connectivity index (χ3n) is 5.83. The molecule has 3 unspecified atom stereocenters. The van der Waals surface area contributed by atoms with Gasteiger partial charge in [0.25, 0.3) is 11.1 Å². The van der Waals surface area contributed by atoms with Gasteiger partial charge in [0.2, 0.25) is 5.91 Å². The maximum absolute atomic E-state index is 12.7. The normalized spacial score (nSPS) is 26.0. The highest BCUT2D eigenvalue weighted by molar-refractivity contribution is 8.18. The van der Waals surface area contributed by atoms with Gasteiger partial charge in [-0.25, -0.2) is 0 Å². The fraction of sp³-hybridized carbons (Fsp3) is 0.409. The van der Waals surface area contributed by atoms with E-state index in [1.54, 1.807) is 31.4 Å². The molecule has 1 aliphatic heterocycles. The second kappa shape index (κ2) is 8.55. The first-order chi connectivity index (χ1) is 14.5. The van der Waals surface area contributed by atoms with Gasteiger partial charge in [-0.1, -0.05) is 18.2 Å². The molecule has 158 valence electrons. The second-order valence-electron chi connectivity index (χ2n) is 7.63. The van der Waals surface area contributed by atoms with Gasteiger partial charge in [0.15, 0.2) is 11.5 Å². The number of imide groups is 1. The molecule has 1 saturated heterocycles. The van der Waals surface area contributed by atoms with Crippen LogP contribution in [0.2, 0.25) is 0 Å². The van der Waals surface area contributed by atoms with Gasteiger partial charge >= 0.3 is 0 Å². The molecule has 7 nitrogen and oxygen atoms in total. The lowest BCUT2D eigenvalue weighted by Crippen LogP contribution is -2.40. The van der Waals surface area contributed by atoms with E-state index in [0.29, 0.717) is 28.2 Å². The Balaban J connectivity index is 1.35. The van der Waals surface area contributed by atoms with E-state index in [9.17, 15) is 14.4 Å². The molecule has 0 aromatic heterocycles. The topological polar surface area (TPSA) is 84.9 Å². The van der Waals surface area contributed by atoms with E-state index in [2.05, 4.69) is 17.5 Å². The second-order valence-corrected chi connectivity index (χ2v) is 8.62. The Morgan fingerprint density at radius 1 is 1.20 bits per heavy atom. The molecule has 30 heavy (non-hydrogen) atoms. The Hall–Kier alpha value is -2.74. The van der Waals surface area contributed by atoms with Crippen molar-refractivity contribution in [3.63, 3.8) is 0 Å². The molecule has 0 radical (unpaired) electrons. The average Bonchev–Trinajstić information content (AvgIpc) is 3.45. The highest BCUT2D eigenvalue weighted by Crippen LogP contribution is 2.43. The lowest BCUT2D eigenvalue weighted by molar-refractivity contribution is -0.127. The fourth-order valence-electron chi connectivity index (χ4n) is 4.29. The van der Waals surface area contributed by atoms with Crippen molar-refractivity contribution in [2.45, 2.75) is 12.8 Å². The number of amides is 3. The van der Waals surface area contributed by atoms with Crippen molar-refractivity contribution in [1.82, 2.24) is 10.2 Å². The zero-order valence-electron chi connectivity index (χ0n) is 16.9. The Morgan fingerprint density at radius 2 is 2.00 bits per heavy atom. The Kier molecular flexibility index (Phi) is 5.85. The number of rotatable bonds is 7. The van der Waals surface area contributed by atoms with E-state index >= 15 is 0 Å². The van der Waals surface area contributed by atoms with Crippen molar-refractivity contribution in [2.24, 2.45) is 17.8 Å². The zero-order valence-corrected chi connectivity index (χ0v) is 17.7. The number of hydrogen-bond donors (Lipinski definition) is 1. The van der Waals surface area contributed by atoms with E-state index in [1.165, 1.54) is 12.0 Å². The molecular weight excluding hydrogens is 404 g/mol. The summed E-state index contributed by atoms with van der Waals surface area (Å²) in [5.74, 6) is 1.66. The summed E-state index contributed by atoms with van der Waals surface area (Å²) in [6.07, 6.45) is 7.94. The molecule has 1 aromatic rings. The molecule has 3 aliphatic rings. The van der Waals surface area contributed by atoms with Crippen LogP contribution in [0.3, 0.4) is 0 Å². The fourth-order valence-corrected chi connectivity index (χ4v) is 5.16. The van der Waals surface area contributed by atoms with E-state index in [-0.39, 0.29) is 36.1 Å². The van der Waals surface area contributed by atoms with Gasteiger partial charge < -0.3 is 14.8 Å². The van der Waals surface area contributed by atoms with Gasteiger partial charge in [-0.3, -0.25) is 19.3 Å². The van der Waals surface area contributed by atoms with Gasteiger partial charge in [0, 0.05) is 19.0 Å². The summed E-state index contributed by atoms with van der Waals surface area (Å²) in [4.78, 5) is 38.9. The predicted octanol–water partition coefficient (Wildman–Crippen LogP) is 3.07. The minimum atomic E-state index is -0.350. The third-order valence-corrected chi connectivity index (χ3v) is 6.74. The van der Waals surface area contributed by atoms with E-state index in [1.807, 2.05) is 0 Å². The molecule has 1 aromatic carbocycles. The van der Waals surface area contributed by atoms with Gasteiger partial charge in [0.1, 0.15) is 0 Å². The van der Waals surface area contributed by atoms with E-state index in [0.717, 1.165) is 30.2 Å². The van der Waals surface area contributed by atoms with Crippen LogP contribution in [0.1, 0.15) is 18.4 Å². The van der Waals surface area contributed by atoms with Crippen molar-refractivity contribution in [1.29, 1.82) is 0 Å². The molecule has 3 amide bonds. The van der Waals surface area contributed by atoms with Crippen LogP contribution in [0.4, 0.5) is 4.79 Å². The molecule has 2 bridgehead atoms. The summed E-state index contributed by atoms with van der Waals surface area (Å²) in [5, 5.41) is 2.56. The van der Waals surface area contributed by atoms with Crippen molar-refractivity contribution < 1.29 is 23.9 Å². The summed E-state index contributed by atoms with van der Waals surface area (Å²) >= 11 is 0.899. The number of nitrogens with one attached hydrogen (secondary N) is 1. The standard InChI is InChI=1S/C22H24N2O5S/c1-28-17-6-4-14(11-18(17)29-2)12-19-21(26)24(22(27)30-19)8-7-23-20(25)16-10-13-3-5-15(16)9-13/h3-6,11-13,15-16H,7-10H2,1-2H3,(H,23,25)/b19-12-. The van der Waals surface area contributed by atoms with Crippen LogP contribution in [0.25, 0.3) is 6.08 Å². The number of thioether (sulfide) groups is 1. The molecule has 0 spiro atoms. The molecule has 1 N–H and O–H groups in total. The third kappa shape index (κ3) is 3.96. The van der Waals surface area contributed by atoms with Gasteiger partial charge in [0.05, 0.1) is 19.1 Å². The summed E-state index contributed by atoms with van der Waals surface area (Å²) in [6, 6.07) is 5.28. The molecule has 1 saturated carbocycles. The van der Waals surface area contributed by atoms with Crippen molar-refractivity contribution in [2.75, 3.05) is 27.3 Å². The minimum Gasteiger partial charge on any atom is -0.493 e. The van der Waals surface area contributed by atoms with E-state index < -0.39 is 0 Å². The summed E-state index contributed by atoms with van der Waals surface area (Å²) < 4.78 is 10.5. The largest absolute Gasteiger partial charge is 0.493 e. The molecule has 2 fully saturated rings. The first-order valence-electron chi connectivity index (χ1n) is 9.93. The SMILES string of the molecule is COc1ccc(/C=C2\SC(=O)N(CCNC(=O)C3CC4C=CC3C4)C2=O)cc1OC. The van der Waals surface area contributed by atoms with Gasteiger partial charge in [-0.05, 0) is 60.2 Å². The van der Waals surface area contributed by atoms with Gasteiger partial charge in [-0.2, -0.15) is 0 Å². The smallest absolute Gasteiger partial charge is 0.293 e. The maximum atomic E-state index is 12.7. The molecule has 4 rings (SSSR count). The summed E-state index contributed by atoms with van der Waals surface area (Å²) in [6.45, 7) is 0.425. The lowest BCUT2D eigenvalue weighted by Gasteiger charge is -2.19. The summed E-state index contributed by atoms with van der Waals surface area (Å²) in [7, 11) is 3.09. The number of carbonyl (C=O) groups excluding carboxylic acids is 3. The zero-order chi connectivity index (χ0) is 21.3. The quantitative estimate of drug-likeness (QED) is 0.531. The van der Waals surface area contributed by atoms with Crippen LogP contribution in [0.5, 0.6) is 11.5 Å². The monoisotopic (exact) mass is 428 g/mol. The Morgan fingerprint density at radius 3 is 2.67 bits per heavy atom. The van der Waals surface area contributed by atoms with Crippen LogP contribution in [-0.4, -0.2) is 49.3 Å². The molecule has 1 heterocycles. The van der Waals surface area contributed by atoms with Crippen molar-refractivity contribution >= 4 is 34.9 Å². The highest BCUT2D eigenvalue weighted by Gasteiger charge is 2.40. The lowest BCUT2D eigenvalue weighted by atomic mass is 9.93. The maximum Gasteiger partial charge on any atom is 0.293 e. The number of nitrogens with zero attached hydrogens (tertiary/aromatic N) is 1. The molecule has 8 heteroatoms. The number of benzene rings is 1. The van der Waals surface area contributed by atoms with Gasteiger partial charge in [-0.15, -0.1) is 0 Å². The first-order valence-corrected chi connectivity index (χ1v) is 10.7. The highest BCUT2D eigenvalue weighted by atomic mass is 32.2. The Labute approximate surface area is 179 Å². The minimum absolute atomic E-state index is 0.0136.